The molecule has 10 heavy (non-hydrogen) atoms. The minimum absolute atomic E-state index is 0.120. The van der Waals surface area contributed by atoms with E-state index in [0.717, 1.165) is 6.54 Å². The van der Waals surface area contributed by atoms with E-state index in [1.54, 1.807) is 0 Å². The van der Waals surface area contributed by atoms with Crippen molar-refractivity contribution >= 4 is 0 Å². The van der Waals surface area contributed by atoms with Crippen LogP contribution in [0.4, 0.5) is 0 Å². The van der Waals surface area contributed by atoms with Gasteiger partial charge in [-0.25, -0.2) is 5.01 Å². The van der Waals surface area contributed by atoms with Crippen molar-refractivity contribution in [2.24, 2.45) is 5.84 Å². The molecule has 64 valence electrons. The molecule has 0 aliphatic heterocycles. The summed E-state index contributed by atoms with van der Waals surface area (Å²) in [5.74, 6) is 5.58. The highest BCUT2D eigenvalue weighted by atomic mass is 15.4. The number of nitrogens with two attached hydrogens (primary N) is 1. The van der Waals surface area contributed by atoms with Gasteiger partial charge < -0.3 is 0 Å². The van der Waals surface area contributed by atoms with Gasteiger partial charge in [-0.1, -0.05) is 20.8 Å². The van der Waals surface area contributed by atoms with Gasteiger partial charge in [-0.2, -0.15) is 0 Å². The zero-order chi connectivity index (χ0) is 8.78. The first-order valence-corrected chi connectivity index (χ1v) is 4.01. The molecule has 2 N–H and O–H groups in total. The molecule has 0 bridgehead atoms. The first-order valence-electron chi connectivity index (χ1n) is 4.01. The Bertz CT molecular complexity index is 64.1. The van der Waals surface area contributed by atoms with Gasteiger partial charge >= 0.3 is 0 Å². The van der Waals surface area contributed by atoms with Gasteiger partial charge in [0.05, 0.1) is 0 Å². The fourth-order valence-electron chi connectivity index (χ4n) is 0.474. The van der Waals surface area contributed by atoms with Crippen LogP contribution in [0, 0.1) is 0 Å². The predicted octanol–water partition coefficient (Wildman–Crippen LogP) is 2.01. The summed E-state index contributed by atoms with van der Waals surface area (Å²) in [6.07, 6.45) is 0. The second-order valence-electron chi connectivity index (χ2n) is 2.96. The van der Waals surface area contributed by atoms with Crippen molar-refractivity contribution in [1.82, 2.24) is 5.01 Å². The lowest BCUT2D eigenvalue weighted by Crippen LogP contribution is -2.46. The van der Waals surface area contributed by atoms with E-state index < -0.39 is 0 Å². The molecular weight excluding hydrogens is 124 g/mol. The van der Waals surface area contributed by atoms with Crippen molar-refractivity contribution in [3.63, 3.8) is 0 Å². The zero-order valence-electron chi connectivity index (χ0n) is 8.23. The quantitative estimate of drug-likeness (QED) is 0.453. The lowest BCUT2D eigenvalue weighted by Gasteiger charge is -2.29. The van der Waals surface area contributed by atoms with Crippen LogP contribution in [-0.4, -0.2) is 17.1 Å². The van der Waals surface area contributed by atoms with Crippen LogP contribution >= 0.6 is 0 Å². The molecule has 0 unspecified atom stereocenters. The third kappa shape index (κ3) is 6.05. The summed E-state index contributed by atoms with van der Waals surface area (Å²) in [6, 6.07) is 0. The molecule has 0 fully saturated rings. The summed E-state index contributed by atoms with van der Waals surface area (Å²) >= 11 is 0. The molecule has 0 aromatic carbocycles. The largest absolute Gasteiger partial charge is 0.268 e. The molecule has 0 heterocycles. The summed E-state index contributed by atoms with van der Waals surface area (Å²) < 4.78 is 0. The van der Waals surface area contributed by atoms with Crippen molar-refractivity contribution in [1.29, 1.82) is 0 Å². The molecule has 0 amide bonds. The summed E-state index contributed by atoms with van der Waals surface area (Å²) in [5, 5.41) is 1.81. The highest BCUT2D eigenvalue weighted by Gasteiger charge is 2.14. The minimum Gasteiger partial charge on any atom is -0.268 e. The van der Waals surface area contributed by atoms with Crippen LogP contribution in [0.25, 0.3) is 0 Å². The molecular formula is C8H22N2. The van der Waals surface area contributed by atoms with Crippen molar-refractivity contribution in [2.75, 3.05) is 6.54 Å². The predicted molar refractivity (Wildman–Crippen MR) is 47.7 cm³/mol. The monoisotopic (exact) mass is 146 g/mol. The number of rotatable bonds is 1. The molecule has 0 saturated carbocycles. The van der Waals surface area contributed by atoms with Crippen molar-refractivity contribution < 1.29 is 0 Å². The number of hydrogen-bond acceptors (Lipinski definition) is 2. The van der Waals surface area contributed by atoms with E-state index in [1.807, 2.05) is 25.8 Å². The van der Waals surface area contributed by atoms with Crippen LogP contribution in [0.15, 0.2) is 0 Å². The highest BCUT2D eigenvalue weighted by Crippen LogP contribution is 2.05. The van der Waals surface area contributed by atoms with Gasteiger partial charge in [-0.05, 0) is 20.8 Å². The second-order valence-corrected chi connectivity index (χ2v) is 2.96. The third-order valence-corrected chi connectivity index (χ3v) is 1.20. The summed E-state index contributed by atoms with van der Waals surface area (Å²) in [5.41, 5.74) is 0.120. The lowest BCUT2D eigenvalue weighted by atomic mass is 10.1. The van der Waals surface area contributed by atoms with Gasteiger partial charge in [0, 0.05) is 12.1 Å². The van der Waals surface area contributed by atoms with E-state index in [4.69, 9.17) is 5.84 Å². The Morgan fingerprint density at radius 1 is 1.20 bits per heavy atom. The molecule has 0 radical (unpaired) electrons. The highest BCUT2D eigenvalue weighted by molar-refractivity contribution is 4.68. The maximum absolute atomic E-state index is 5.58. The zero-order valence-corrected chi connectivity index (χ0v) is 8.23. The smallest absolute Gasteiger partial charge is 0.0267 e. The van der Waals surface area contributed by atoms with E-state index in [1.165, 1.54) is 0 Å². The summed E-state index contributed by atoms with van der Waals surface area (Å²) in [7, 11) is 0. The summed E-state index contributed by atoms with van der Waals surface area (Å²) in [4.78, 5) is 0. The molecule has 0 atom stereocenters. The number of nitrogens with zero attached hydrogens (tertiary/aromatic N) is 1. The Kier molecular flexibility index (Phi) is 7.15. The van der Waals surface area contributed by atoms with Gasteiger partial charge in [0.2, 0.25) is 0 Å². The molecule has 2 nitrogen and oxygen atoms in total. The van der Waals surface area contributed by atoms with Crippen molar-refractivity contribution in [2.45, 2.75) is 47.1 Å². The number of hydrazine groups is 1. The van der Waals surface area contributed by atoms with E-state index in [2.05, 4.69) is 20.8 Å². The van der Waals surface area contributed by atoms with E-state index in [9.17, 15) is 0 Å². The lowest BCUT2D eigenvalue weighted by molar-refractivity contribution is 0.147. The first-order chi connectivity index (χ1) is 4.48. The average molecular weight is 146 g/mol. The maximum Gasteiger partial charge on any atom is 0.0267 e. The van der Waals surface area contributed by atoms with Crippen LogP contribution in [0.3, 0.4) is 0 Å². The fourth-order valence-corrected chi connectivity index (χ4v) is 0.474. The van der Waals surface area contributed by atoms with Crippen LogP contribution in [0.1, 0.15) is 41.5 Å². The molecule has 0 rings (SSSR count). The van der Waals surface area contributed by atoms with Crippen LogP contribution in [0.2, 0.25) is 0 Å². The maximum atomic E-state index is 5.58. The Balaban J connectivity index is 0. The van der Waals surface area contributed by atoms with Crippen molar-refractivity contribution in [3.05, 3.63) is 0 Å². The molecule has 0 aliphatic carbocycles. The molecule has 0 aromatic rings. The average Bonchev–Trinajstić information content (AvgIpc) is 1.89. The van der Waals surface area contributed by atoms with E-state index in [0.29, 0.717) is 0 Å². The van der Waals surface area contributed by atoms with E-state index in [-0.39, 0.29) is 5.54 Å². The van der Waals surface area contributed by atoms with Crippen LogP contribution in [0.5, 0.6) is 0 Å². The molecule has 0 saturated heterocycles. The Morgan fingerprint density at radius 2 is 1.50 bits per heavy atom. The topological polar surface area (TPSA) is 29.3 Å². The van der Waals surface area contributed by atoms with Crippen LogP contribution in [-0.2, 0) is 0 Å². The molecule has 0 aromatic heterocycles. The van der Waals surface area contributed by atoms with Gasteiger partial charge in [0.25, 0.3) is 0 Å². The Labute approximate surface area is 65.4 Å². The molecule has 2 heteroatoms. The molecule has 0 aliphatic rings. The minimum atomic E-state index is 0.120. The van der Waals surface area contributed by atoms with Gasteiger partial charge in [-0.15, -0.1) is 0 Å². The summed E-state index contributed by atoms with van der Waals surface area (Å²) in [6.45, 7) is 13.2. The Morgan fingerprint density at radius 3 is 1.50 bits per heavy atom. The SMILES string of the molecule is CC.CCN(N)C(C)(C)C. The third-order valence-electron chi connectivity index (χ3n) is 1.20. The van der Waals surface area contributed by atoms with Gasteiger partial charge in [0.1, 0.15) is 0 Å². The molecule has 0 spiro atoms. The Hall–Kier alpha value is -0.0800. The normalized spacial score (nSPS) is 10.8. The van der Waals surface area contributed by atoms with Crippen molar-refractivity contribution in [3.8, 4) is 0 Å². The van der Waals surface area contributed by atoms with Gasteiger partial charge in [0.15, 0.2) is 0 Å². The fraction of sp³-hybridized carbons (Fsp3) is 1.00. The van der Waals surface area contributed by atoms with Gasteiger partial charge in [-0.3, -0.25) is 5.84 Å². The first kappa shape index (κ1) is 12.6. The second kappa shape index (κ2) is 5.69. The number of hydrogen-bond donors (Lipinski definition) is 1. The van der Waals surface area contributed by atoms with Crippen LogP contribution < -0.4 is 5.84 Å². The van der Waals surface area contributed by atoms with E-state index >= 15 is 0 Å². The standard InChI is InChI=1S/C6H16N2.C2H6/c1-5-8(7)6(2,3)4;1-2/h5,7H2,1-4H3;1-2H3.